The van der Waals surface area contributed by atoms with Crippen LogP contribution >= 0.6 is 11.3 Å². The lowest BCUT2D eigenvalue weighted by Crippen LogP contribution is -2.63. The van der Waals surface area contributed by atoms with Gasteiger partial charge in [-0.15, -0.1) is 11.3 Å². The van der Waals surface area contributed by atoms with Gasteiger partial charge in [-0.25, -0.2) is 0 Å². The molecule has 0 amide bonds. The molecule has 1 aromatic rings. The van der Waals surface area contributed by atoms with Crippen LogP contribution in [0, 0.1) is 5.92 Å². The van der Waals surface area contributed by atoms with Crippen molar-refractivity contribution in [2.45, 2.75) is 25.9 Å². The molecule has 2 fully saturated rings. The van der Waals surface area contributed by atoms with Crippen molar-refractivity contribution in [2.75, 3.05) is 39.3 Å². The van der Waals surface area contributed by atoms with Crippen molar-refractivity contribution in [2.24, 2.45) is 5.92 Å². The van der Waals surface area contributed by atoms with E-state index in [1.54, 1.807) is 0 Å². The maximum Gasteiger partial charge on any atom is 0.0465 e. The summed E-state index contributed by atoms with van der Waals surface area (Å²) >= 11 is 1.91. The predicted molar refractivity (Wildman–Crippen MR) is 81.7 cm³/mol. The van der Waals surface area contributed by atoms with Crippen LogP contribution in [0.25, 0.3) is 0 Å². The average Bonchev–Trinajstić information content (AvgIpc) is 2.87. The van der Waals surface area contributed by atoms with Crippen LogP contribution < -0.4 is 5.32 Å². The quantitative estimate of drug-likeness (QED) is 0.910. The van der Waals surface area contributed by atoms with Gasteiger partial charge in [0, 0.05) is 56.2 Å². The Bertz CT molecular complexity index is 378. The van der Waals surface area contributed by atoms with Crippen molar-refractivity contribution >= 4 is 11.3 Å². The minimum Gasteiger partial charge on any atom is -0.314 e. The molecule has 1 N–H and O–H groups in total. The van der Waals surface area contributed by atoms with Crippen LogP contribution in [0.2, 0.25) is 0 Å². The molecule has 19 heavy (non-hydrogen) atoms. The van der Waals surface area contributed by atoms with Crippen LogP contribution in [0.15, 0.2) is 17.5 Å². The van der Waals surface area contributed by atoms with Crippen molar-refractivity contribution in [1.82, 2.24) is 15.1 Å². The topological polar surface area (TPSA) is 18.5 Å². The molecular weight excluding hydrogens is 254 g/mol. The third kappa shape index (κ3) is 2.87. The molecule has 1 unspecified atom stereocenters. The molecule has 2 aliphatic heterocycles. The van der Waals surface area contributed by atoms with Crippen molar-refractivity contribution in [3.8, 4) is 0 Å². The summed E-state index contributed by atoms with van der Waals surface area (Å²) in [5.74, 6) is 0.697. The number of thiophene rings is 1. The second-order valence-electron chi connectivity index (χ2n) is 6.10. The molecule has 2 aliphatic rings. The average molecular weight is 279 g/mol. The zero-order valence-corrected chi connectivity index (χ0v) is 12.8. The molecule has 0 aromatic carbocycles. The van der Waals surface area contributed by atoms with Crippen molar-refractivity contribution < 1.29 is 0 Å². The zero-order chi connectivity index (χ0) is 13.2. The van der Waals surface area contributed by atoms with Gasteiger partial charge in [0.05, 0.1) is 0 Å². The number of nitrogens with one attached hydrogen (secondary N) is 1. The largest absolute Gasteiger partial charge is 0.314 e. The Kier molecular flexibility index (Phi) is 4.22. The first-order valence-electron chi connectivity index (χ1n) is 7.48. The highest BCUT2D eigenvalue weighted by Crippen LogP contribution is 2.35. The van der Waals surface area contributed by atoms with Crippen molar-refractivity contribution in [1.29, 1.82) is 0 Å². The lowest BCUT2D eigenvalue weighted by molar-refractivity contribution is -0.0129. The van der Waals surface area contributed by atoms with Gasteiger partial charge in [0.25, 0.3) is 0 Å². The van der Waals surface area contributed by atoms with Crippen LogP contribution in [0.5, 0.6) is 0 Å². The molecule has 0 bridgehead atoms. The minimum atomic E-state index is 0.624. The van der Waals surface area contributed by atoms with Gasteiger partial charge in [-0.05, 0) is 17.4 Å². The van der Waals surface area contributed by atoms with E-state index in [9.17, 15) is 0 Å². The molecule has 3 rings (SSSR count). The Morgan fingerprint density at radius 1 is 1.26 bits per heavy atom. The lowest BCUT2D eigenvalue weighted by atomic mass is 9.94. The summed E-state index contributed by atoms with van der Waals surface area (Å²) in [6, 6.07) is 5.90. The van der Waals surface area contributed by atoms with Gasteiger partial charge in [0.1, 0.15) is 0 Å². The van der Waals surface area contributed by atoms with E-state index in [1.165, 1.54) is 31.1 Å². The summed E-state index contributed by atoms with van der Waals surface area (Å²) in [4.78, 5) is 6.87. The summed E-state index contributed by atoms with van der Waals surface area (Å²) in [5, 5.41) is 5.65. The Morgan fingerprint density at radius 2 is 2.00 bits per heavy atom. The van der Waals surface area contributed by atoms with E-state index in [2.05, 4.69) is 46.5 Å². The molecule has 106 valence electrons. The molecule has 4 heteroatoms. The first-order valence-corrected chi connectivity index (χ1v) is 8.36. The molecule has 3 nitrogen and oxygen atoms in total. The number of hydrogen-bond acceptors (Lipinski definition) is 4. The lowest BCUT2D eigenvalue weighted by Gasteiger charge is -2.50. The minimum absolute atomic E-state index is 0.624. The first-order chi connectivity index (χ1) is 9.25. The standard InChI is InChI=1S/C15H25N3S/c1-12(2)15(14-4-3-9-19-14)18-10-13(11-18)17-7-5-16-6-8-17/h3-4,9,12-13,15-16H,5-8,10-11H2,1-2H3. The summed E-state index contributed by atoms with van der Waals surface area (Å²) in [5.41, 5.74) is 0. The first kappa shape index (κ1) is 13.6. The number of piperazine rings is 1. The molecular formula is C15H25N3S. The van der Waals surface area contributed by atoms with Crippen LogP contribution in [-0.2, 0) is 0 Å². The van der Waals surface area contributed by atoms with Crippen molar-refractivity contribution in [3.63, 3.8) is 0 Å². The Hall–Kier alpha value is -0.420. The Balaban J connectivity index is 1.58. The monoisotopic (exact) mass is 279 g/mol. The maximum atomic E-state index is 3.44. The van der Waals surface area contributed by atoms with Gasteiger partial charge in [-0.1, -0.05) is 19.9 Å². The van der Waals surface area contributed by atoms with Gasteiger partial charge in [0.2, 0.25) is 0 Å². The molecule has 1 aromatic heterocycles. The highest BCUT2D eigenvalue weighted by molar-refractivity contribution is 7.10. The van der Waals surface area contributed by atoms with Gasteiger partial charge >= 0.3 is 0 Å². The van der Waals surface area contributed by atoms with E-state index < -0.39 is 0 Å². The van der Waals surface area contributed by atoms with E-state index in [-0.39, 0.29) is 0 Å². The normalized spacial score (nSPS) is 24.6. The number of hydrogen-bond donors (Lipinski definition) is 1. The molecule has 0 aliphatic carbocycles. The molecule has 0 saturated carbocycles. The second-order valence-corrected chi connectivity index (χ2v) is 7.08. The Labute approximate surface area is 120 Å². The van der Waals surface area contributed by atoms with Crippen molar-refractivity contribution in [3.05, 3.63) is 22.4 Å². The number of nitrogens with zero attached hydrogens (tertiary/aromatic N) is 2. The fourth-order valence-corrected chi connectivity index (χ4v) is 4.42. The fraction of sp³-hybridized carbons (Fsp3) is 0.733. The summed E-state index contributed by atoms with van der Waals surface area (Å²) < 4.78 is 0. The van der Waals surface area contributed by atoms with E-state index >= 15 is 0 Å². The van der Waals surface area contributed by atoms with Gasteiger partial charge in [-0.3, -0.25) is 9.80 Å². The van der Waals surface area contributed by atoms with Crippen LogP contribution in [0.1, 0.15) is 24.8 Å². The van der Waals surface area contributed by atoms with Crippen LogP contribution in [0.3, 0.4) is 0 Å². The van der Waals surface area contributed by atoms with Gasteiger partial charge < -0.3 is 5.32 Å². The van der Waals surface area contributed by atoms with Crippen LogP contribution in [0.4, 0.5) is 0 Å². The summed E-state index contributed by atoms with van der Waals surface area (Å²) in [6.07, 6.45) is 0. The zero-order valence-electron chi connectivity index (χ0n) is 12.0. The van der Waals surface area contributed by atoms with E-state index in [1.807, 2.05) is 11.3 Å². The molecule has 3 heterocycles. The smallest absolute Gasteiger partial charge is 0.0465 e. The van der Waals surface area contributed by atoms with Gasteiger partial charge in [-0.2, -0.15) is 0 Å². The number of rotatable bonds is 4. The predicted octanol–water partition coefficient (Wildman–Crippen LogP) is 2.03. The van der Waals surface area contributed by atoms with E-state index in [4.69, 9.17) is 0 Å². The van der Waals surface area contributed by atoms with Gasteiger partial charge in [0.15, 0.2) is 0 Å². The third-order valence-corrected chi connectivity index (χ3v) is 5.36. The fourth-order valence-electron chi connectivity index (χ4n) is 3.38. The van der Waals surface area contributed by atoms with E-state index in [0.29, 0.717) is 12.0 Å². The Morgan fingerprint density at radius 3 is 2.58 bits per heavy atom. The second kappa shape index (κ2) is 5.92. The molecule has 2 saturated heterocycles. The van der Waals surface area contributed by atoms with Crippen LogP contribution in [-0.4, -0.2) is 55.1 Å². The highest BCUT2D eigenvalue weighted by atomic mass is 32.1. The maximum absolute atomic E-state index is 3.44. The third-order valence-electron chi connectivity index (χ3n) is 4.42. The molecule has 1 atom stereocenters. The summed E-state index contributed by atoms with van der Waals surface area (Å²) in [7, 11) is 0. The number of likely N-dealkylation sites (tertiary alicyclic amines) is 1. The molecule has 0 radical (unpaired) electrons. The molecule has 0 spiro atoms. The van der Waals surface area contributed by atoms with E-state index in [0.717, 1.165) is 19.1 Å². The summed E-state index contributed by atoms with van der Waals surface area (Å²) in [6.45, 7) is 12.0. The highest BCUT2D eigenvalue weighted by Gasteiger charge is 2.38. The SMILES string of the molecule is CC(C)C(c1cccs1)N1CC(N2CCNCC2)C1.